The lowest BCUT2D eigenvalue weighted by molar-refractivity contribution is -0.274. The van der Waals surface area contributed by atoms with Crippen molar-refractivity contribution < 1.29 is 31.4 Å². The minimum atomic E-state index is -4.83. The first kappa shape index (κ1) is 14.0. The fourth-order valence-corrected chi connectivity index (χ4v) is 1.93. The Morgan fingerprint density at radius 2 is 1.68 bits per heavy atom. The van der Waals surface area contributed by atoms with Crippen LogP contribution in [-0.4, -0.2) is 19.1 Å². The molecule has 1 aromatic rings. The Morgan fingerprint density at radius 3 is 2.16 bits per heavy atom. The Balaban J connectivity index is 2.13. The Labute approximate surface area is 106 Å². The molecule has 0 aliphatic carbocycles. The standard InChI is InChI=1S/C12H11F5O2/c13-11(14,10-2-1-7-18-10)8-3-5-9(6-4-8)19-12(15,16)17/h3-6,10H,1-2,7H2. The van der Waals surface area contributed by atoms with Crippen molar-refractivity contribution in [3.8, 4) is 5.75 Å². The molecule has 1 aliphatic heterocycles. The van der Waals surface area contributed by atoms with Crippen LogP contribution >= 0.6 is 0 Å². The summed E-state index contributed by atoms with van der Waals surface area (Å²) >= 11 is 0. The molecule has 2 rings (SSSR count). The Kier molecular flexibility index (Phi) is 3.66. The van der Waals surface area contributed by atoms with E-state index in [2.05, 4.69) is 4.74 Å². The van der Waals surface area contributed by atoms with Crippen molar-refractivity contribution in [3.05, 3.63) is 29.8 Å². The number of halogens is 5. The molecule has 1 aromatic carbocycles. The van der Waals surface area contributed by atoms with E-state index in [1.165, 1.54) is 0 Å². The van der Waals surface area contributed by atoms with Crippen LogP contribution < -0.4 is 4.74 Å². The molecule has 0 spiro atoms. The Hall–Kier alpha value is -1.37. The van der Waals surface area contributed by atoms with Gasteiger partial charge in [-0.3, -0.25) is 0 Å². The molecule has 0 radical (unpaired) electrons. The Bertz CT molecular complexity index is 421. The quantitative estimate of drug-likeness (QED) is 0.784. The van der Waals surface area contributed by atoms with Gasteiger partial charge in [0.25, 0.3) is 5.92 Å². The molecule has 0 bridgehead atoms. The summed E-state index contributed by atoms with van der Waals surface area (Å²) in [6, 6.07) is 3.57. The maximum atomic E-state index is 13.9. The van der Waals surface area contributed by atoms with E-state index in [0.29, 0.717) is 6.42 Å². The second-order valence-corrected chi connectivity index (χ2v) is 4.20. The van der Waals surface area contributed by atoms with Gasteiger partial charge in [-0.25, -0.2) is 0 Å². The van der Waals surface area contributed by atoms with Crippen LogP contribution in [0.4, 0.5) is 22.0 Å². The lowest BCUT2D eigenvalue weighted by Gasteiger charge is -2.23. The predicted octanol–water partition coefficient (Wildman–Crippen LogP) is 3.86. The van der Waals surface area contributed by atoms with E-state index < -0.39 is 24.1 Å². The molecule has 0 amide bonds. The molecule has 1 aliphatic rings. The third-order valence-corrected chi connectivity index (χ3v) is 2.81. The summed E-state index contributed by atoms with van der Waals surface area (Å²) in [5.74, 6) is -3.74. The summed E-state index contributed by atoms with van der Waals surface area (Å²) in [6.45, 7) is 0.273. The first-order valence-electron chi connectivity index (χ1n) is 5.65. The fourth-order valence-electron chi connectivity index (χ4n) is 1.93. The van der Waals surface area contributed by atoms with Crippen molar-refractivity contribution in [3.63, 3.8) is 0 Å². The monoisotopic (exact) mass is 282 g/mol. The van der Waals surface area contributed by atoms with Crippen LogP contribution in [0.25, 0.3) is 0 Å². The second kappa shape index (κ2) is 4.96. The molecule has 1 atom stereocenters. The molecule has 1 fully saturated rings. The van der Waals surface area contributed by atoms with E-state index in [1.807, 2.05) is 0 Å². The van der Waals surface area contributed by atoms with E-state index >= 15 is 0 Å². The van der Waals surface area contributed by atoms with Crippen molar-refractivity contribution in [2.24, 2.45) is 0 Å². The molecule has 2 nitrogen and oxygen atoms in total. The van der Waals surface area contributed by atoms with E-state index in [-0.39, 0.29) is 18.6 Å². The topological polar surface area (TPSA) is 18.5 Å². The average molecular weight is 282 g/mol. The number of hydrogen-bond donors (Lipinski definition) is 0. The van der Waals surface area contributed by atoms with E-state index in [4.69, 9.17) is 4.74 Å². The predicted molar refractivity (Wildman–Crippen MR) is 56.0 cm³/mol. The van der Waals surface area contributed by atoms with Crippen LogP contribution in [0, 0.1) is 0 Å². The fraction of sp³-hybridized carbons (Fsp3) is 0.500. The van der Waals surface area contributed by atoms with Gasteiger partial charge in [0.1, 0.15) is 11.9 Å². The average Bonchev–Trinajstić information content (AvgIpc) is 2.81. The molecular formula is C12H11F5O2. The Morgan fingerprint density at radius 1 is 1.05 bits per heavy atom. The van der Waals surface area contributed by atoms with E-state index in [0.717, 1.165) is 24.3 Å². The van der Waals surface area contributed by atoms with Gasteiger partial charge in [0, 0.05) is 12.2 Å². The lowest BCUT2D eigenvalue weighted by Crippen LogP contribution is -2.30. The van der Waals surface area contributed by atoms with Crippen molar-refractivity contribution in [2.75, 3.05) is 6.61 Å². The van der Waals surface area contributed by atoms with E-state index in [1.54, 1.807) is 0 Å². The highest BCUT2D eigenvalue weighted by Gasteiger charge is 2.44. The van der Waals surface area contributed by atoms with Gasteiger partial charge < -0.3 is 9.47 Å². The highest BCUT2D eigenvalue weighted by atomic mass is 19.4. The van der Waals surface area contributed by atoms with Gasteiger partial charge in [-0.15, -0.1) is 13.2 Å². The second-order valence-electron chi connectivity index (χ2n) is 4.20. The summed E-state index contributed by atoms with van der Waals surface area (Å²) in [5, 5.41) is 0. The minimum Gasteiger partial charge on any atom is -0.406 e. The number of rotatable bonds is 3. The van der Waals surface area contributed by atoms with Gasteiger partial charge in [0.15, 0.2) is 0 Å². The summed E-state index contributed by atoms with van der Waals surface area (Å²) < 4.78 is 72.2. The minimum absolute atomic E-state index is 0.230. The van der Waals surface area contributed by atoms with Crippen molar-refractivity contribution in [1.82, 2.24) is 0 Å². The van der Waals surface area contributed by atoms with Gasteiger partial charge in [0.2, 0.25) is 0 Å². The van der Waals surface area contributed by atoms with Crippen molar-refractivity contribution in [1.29, 1.82) is 0 Å². The van der Waals surface area contributed by atoms with Crippen LogP contribution in [0.2, 0.25) is 0 Å². The summed E-state index contributed by atoms with van der Waals surface area (Å²) in [5.41, 5.74) is -0.381. The normalized spacial score (nSPS) is 20.6. The molecule has 0 saturated carbocycles. The van der Waals surface area contributed by atoms with Crippen LogP contribution in [0.1, 0.15) is 18.4 Å². The van der Waals surface area contributed by atoms with Crippen LogP contribution in [0.5, 0.6) is 5.75 Å². The summed E-state index contributed by atoms with van der Waals surface area (Å²) in [4.78, 5) is 0. The lowest BCUT2D eigenvalue weighted by atomic mass is 10.0. The zero-order valence-corrected chi connectivity index (χ0v) is 9.71. The first-order valence-corrected chi connectivity index (χ1v) is 5.65. The molecule has 1 unspecified atom stereocenters. The maximum absolute atomic E-state index is 13.9. The molecule has 19 heavy (non-hydrogen) atoms. The van der Waals surface area contributed by atoms with Crippen LogP contribution in [0.15, 0.2) is 24.3 Å². The highest BCUT2D eigenvalue weighted by molar-refractivity contribution is 5.30. The molecule has 106 valence electrons. The van der Waals surface area contributed by atoms with E-state index in [9.17, 15) is 22.0 Å². The SMILES string of the molecule is FC(F)(F)Oc1ccc(C(F)(F)C2CCCO2)cc1. The number of hydrogen-bond acceptors (Lipinski definition) is 2. The molecule has 0 N–H and O–H groups in total. The summed E-state index contributed by atoms with van der Waals surface area (Å²) in [6.07, 6.45) is -5.27. The molecule has 1 saturated heterocycles. The van der Waals surface area contributed by atoms with Crippen LogP contribution in [0.3, 0.4) is 0 Å². The first-order chi connectivity index (χ1) is 8.79. The zero-order chi connectivity index (χ0) is 14.1. The number of ether oxygens (including phenoxy) is 2. The molecular weight excluding hydrogens is 271 g/mol. The van der Waals surface area contributed by atoms with Gasteiger partial charge in [0.05, 0.1) is 0 Å². The van der Waals surface area contributed by atoms with Gasteiger partial charge in [-0.1, -0.05) is 0 Å². The number of alkyl halides is 5. The molecule has 0 aromatic heterocycles. The third kappa shape index (κ3) is 3.34. The summed E-state index contributed by atoms with van der Waals surface area (Å²) in [7, 11) is 0. The van der Waals surface area contributed by atoms with Gasteiger partial charge in [-0.05, 0) is 37.1 Å². The van der Waals surface area contributed by atoms with Crippen molar-refractivity contribution >= 4 is 0 Å². The number of benzene rings is 1. The van der Waals surface area contributed by atoms with Crippen LogP contribution in [-0.2, 0) is 10.7 Å². The van der Waals surface area contributed by atoms with Gasteiger partial charge in [-0.2, -0.15) is 8.78 Å². The molecule has 1 heterocycles. The smallest absolute Gasteiger partial charge is 0.406 e. The maximum Gasteiger partial charge on any atom is 0.573 e. The molecule has 7 heteroatoms. The highest BCUT2D eigenvalue weighted by Crippen LogP contribution is 2.38. The van der Waals surface area contributed by atoms with Gasteiger partial charge >= 0.3 is 6.36 Å². The third-order valence-electron chi connectivity index (χ3n) is 2.81. The largest absolute Gasteiger partial charge is 0.573 e. The van der Waals surface area contributed by atoms with Crippen molar-refractivity contribution in [2.45, 2.75) is 31.2 Å². The zero-order valence-electron chi connectivity index (χ0n) is 9.71.